The van der Waals surface area contributed by atoms with E-state index < -0.39 is 0 Å². The molecule has 0 spiro atoms. The zero-order chi connectivity index (χ0) is 17.6. The Morgan fingerprint density at radius 3 is 2.52 bits per heavy atom. The molecule has 0 saturated carbocycles. The molecule has 5 nitrogen and oxygen atoms in total. The van der Waals surface area contributed by atoms with E-state index in [1.165, 1.54) is 5.56 Å². The second kappa shape index (κ2) is 7.85. The van der Waals surface area contributed by atoms with Crippen LogP contribution < -0.4 is 14.8 Å². The predicted octanol–water partition coefficient (Wildman–Crippen LogP) is 3.74. The van der Waals surface area contributed by atoms with E-state index in [4.69, 9.17) is 9.47 Å². The van der Waals surface area contributed by atoms with E-state index in [0.29, 0.717) is 6.54 Å². The van der Waals surface area contributed by atoms with Gasteiger partial charge in [-0.25, -0.2) is 4.98 Å². The van der Waals surface area contributed by atoms with Crippen molar-refractivity contribution in [1.82, 2.24) is 14.9 Å². The molecule has 130 valence electrons. The number of ether oxygens (including phenoxy) is 2. The molecule has 0 saturated heterocycles. The second-order valence-electron chi connectivity index (χ2n) is 5.82. The quantitative estimate of drug-likeness (QED) is 0.713. The summed E-state index contributed by atoms with van der Waals surface area (Å²) in [4.78, 5) is 4.08. The number of aromatic nitrogens is 2. The summed E-state index contributed by atoms with van der Waals surface area (Å²) in [7, 11) is 3.32. The van der Waals surface area contributed by atoms with Gasteiger partial charge in [0.1, 0.15) is 0 Å². The minimum absolute atomic E-state index is 0.216. The number of rotatable bonds is 7. The maximum atomic E-state index is 5.49. The molecule has 25 heavy (non-hydrogen) atoms. The Hall–Kier alpha value is -2.79. The molecule has 1 heterocycles. The first-order chi connectivity index (χ1) is 12.2. The SMILES string of the molecule is COc1cccc(CN[C@H](C)c2ccc(-n3ccnc3)cc2)c1OC. The van der Waals surface area contributed by atoms with Gasteiger partial charge in [-0.2, -0.15) is 0 Å². The van der Waals surface area contributed by atoms with Crippen molar-refractivity contribution in [1.29, 1.82) is 0 Å². The third kappa shape index (κ3) is 3.83. The molecule has 1 atom stereocenters. The van der Waals surface area contributed by atoms with E-state index in [1.807, 2.05) is 29.0 Å². The van der Waals surface area contributed by atoms with Crippen LogP contribution in [0.4, 0.5) is 0 Å². The van der Waals surface area contributed by atoms with E-state index >= 15 is 0 Å². The highest BCUT2D eigenvalue weighted by molar-refractivity contribution is 5.46. The third-order valence-corrected chi connectivity index (χ3v) is 4.28. The number of hydrogen-bond donors (Lipinski definition) is 1. The molecule has 0 aliphatic rings. The Morgan fingerprint density at radius 2 is 1.88 bits per heavy atom. The van der Waals surface area contributed by atoms with Gasteiger partial charge in [0.2, 0.25) is 0 Å². The summed E-state index contributed by atoms with van der Waals surface area (Å²) in [5.74, 6) is 1.53. The first-order valence-electron chi connectivity index (χ1n) is 8.24. The smallest absolute Gasteiger partial charge is 0.165 e. The number of methoxy groups -OCH3 is 2. The van der Waals surface area contributed by atoms with Gasteiger partial charge in [0.25, 0.3) is 0 Å². The van der Waals surface area contributed by atoms with Crippen molar-refractivity contribution in [3.05, 3.63) is 72.3 Å². The highest BCUT2D eigenvalue weighted by Crippen LogP contribution is 2.31. The summed E-state index contributed by atoms with van der Waals surface area (Å²) in [6, 6.07) is 14.6. The Bertz CT molecular complexity index is 798. The average Bonchev–Trinajstić information content (AvgIpc) is 3.20. The van der Waals surface area contributed by atoms with E-state index in [0.717, 1.165) is 22.7 Å². The van der Waals surface area contributed by atoms with Crippen molar-refractivity contribution < 1.29 is 9.47 Å². The Balaban J connectivity index is 1.68. The summed E-state index contributed by atoms with van der Waals surface area (Å²) in [5.41, 5.74) is 3.40. The van der Waals surface area contributed by atoms with Gasteiger partial charge in [-0.3, -0.25) is 0 Å². The summed E-state index contributed by atoms with van der Waals surface area (Å²) in [6.45, 7) is 2.85. The van der Waals surface area contributed by atoms with Crippen LogP contribution >= 0.6 is 0 Å². The van der Waals surface area contributed by atoms with Gasteiger partial charge in [0.15, 0.2) is 11.5 Å². The largest absolute Gasteiger partial charge is 0.493 e. The molecule has 0 aliphatic carbocycles. The zero-order valence-electron chi connectivity index (χ0n) is 14.8. The fraction of sp³-hybridized carbons (Fsp3) is 0.250. The predicted molar refractivity (Wildman–Crippen MR) is 98.4 cm³/mol. The van der Waals surface area contributed by atoms with Gasteiger partial charge < -0.3 is 19.4 Å². The second-order valence-corrected chi connectivity index (χ2v) is 5.82. The molecule has 2 aromatic carbocycles. The molecule has 0 fully saturated rings. The molecule has 3 rings (SSSR count). The number of nitrogens with one attached hydrogen (secondary N) is 1. The Labute approximate surface area is 148 Å². The number of benzene rings is 2. The van der Waals surface area contributed by atoms with E-state index in [9.17, 15) is 0 Å². The van der Waals surface area contributed by atoms with Crippen LogP contribution in [0.1, 0.15) is 24.1 Å². The number of para-hydroxylation sites is 1. The van der Waals surface area contributed by atoms with Gasteiger partial charge in [0, 0.05) is 36.2 Å². The molecule has 0 radical (unpaired) electrons. The van der Waals surface area contributed by atoms with Crippen LogP contribution in [0, 0.1) is 0 Å². The van der Waals surface area contributed by atoms with E-state index in [-0.39, 0.29) is 6.04 Å². The van der Waals surface area contributed by atoms with E-state index in [2.05, 4.69) is 41.5 Å². The Kier molecular flexibility index (Phi) is 5.36. The van der Waals surface area contributed by atoms with Gasteiger partial charge in [-0.1, -0.05) is 24.3 Å². The lowest BCUT2D eigenvalue weighted by Gasteiger charge is -2.17. The van der Waals surface area contributed by atoms with Crippen molar-refractivity contribution in [3.8, 4) is 17.2 Å². The number of imidazole rings is 1. The van der Waals surface area contributed by atoms with Gasteiger partial charge >= 0.3 is 0 Å². The van der Waals surface area contributed by atoms with Crippen LogP contribution in [0.5, 0.6) is 11.5 Å². The minimum Gasteiger partial charge on any atom is -0.493 e. The molecule has 1 N–H and O–H groups in total. The maximum Gasteiger partial charge on any atom is 0.165 e. The first-order valence-corrected chi connectivity index (χ1v) is 8.24. The topological polar surface area (TPSA) is 48.3 Å². The summed E-state index contributed by atoms with van der Waals surface area (Å²) in [5, 5.41) is 3.54. The van der Waals surface area contributed by atoms with E-state index in [1.54, 1.807) is 26.7 Å². The summed E-state index contributed by atoms with van der Waals surface area (Å²) < 4.78 is 12.8. The molecule has 0 aliphatic heterocycles. The van der Waals surface area contributed by atoms with Crippen molar-refractivity contribution in [3.63, 3.8) is 0 Å². The number of nitrogens with zero attached hydrogens (tertiary/aromatic N) is 2. The first kappa shape index (κ1) is 17.0. The lowest BCUT2D eigenvalue weighted by Crippen LogP contribution is -2.18. The summed E-state index contributed by atoms with van der Waals surface area (Å²) in [6.07, 6.45) is 5.51. The molecular formula is C20H23N3O2. The lowest BCUT2D eigenvalue weighted by atomic mass is 10.1. The lowest BCUT2D eigenvalue weighted by molar-refractivity contribution is 0.350. The molecule has 3 aromatic rings. The molecule has 0 amide bonds. The van der Waals surface area contributed by atoms with Gasteiger partial charge in [-0.05, 0) is 30.7 Å². The van der Waals surface area contributed by atoms with Gasteiger partial charge in [0.05, 0.1) is 20.5 Å². The third-order valence-electron chi connectivity index (χ3n) is 4.28. The fourth-order valence-electron chi connectivity index (χ4n) is 2.82. The number of hydrogen-bond acceptors (Lipinski definition) is 4. The highest BCUT2D eigenvalue weighted by Gasteiger charge is 2.11. The van der Waals surface area contributed by atoms with Crippen molar-refractivity contribution in [2.75, 3.05) is 14.2 Å². The van der Waals surface area contributed by atoms with Crippen LogP contribution in [0.25, 0.3) is 5.69 Å². The highest BCUT2D eigenvalue weighted by atomic mass is 16.5. The fourth-order valence-corrected chi connectivity index (χ4v) is 2.82. The van der Waals surface area contributed by atoms with Gasteiger partial charge in [-0.15, -0.1) is 0 Å². The van der Waals surface area contributed by atoms with Crippen LogP contribution in [0.15, 0.2) is 61.2 Å². The molecule has 5 heteroatoms. The molecular weight excluding hydrogens is 314 g/mol. The Morgan fingerprint density at radius 1 is 1.08 bits per heavy atom. The normalized spacial score (nSPS) is 12.0. The summed E-state index contributed by atoms with van der Waals surface area (Å²) >= 11 is 0. The van der Waals surface area contributed by atoms with Crippen molar-refractivity contribution >= 4 is 0 Å². The minimum atomic E-state index is 0.216. The van der Waals surface area contributed by atoms with Crippen LogP contribution in [0.3, 0.4) is 0 Å². The average molecular weight is 337 g/mol. The van der Waals surface area contributed by atoms with Crippen LogP contribution in [-0.2, 0) is 6.54 Å². The molecule has 0 bridgehead atoms. The van der Waals surface area contributed by atoms with Crippen molar-refractivity contribution in [2.24, 2.45) is 0 Å². The van der Waals surface area contributed by atoms with Crippen molar-refractivity contribution in [2.45, 2.75) is 19.5 Å². The standard InChI is InChI=1S/C20H23N3O2/c1-15(16-7-9-18(10-8-16)23-12-11-21-14-23)22-13-17-5-4-6-19(24-2)20(17)25-3/h4-12,14-15,22H,13H2,1-3H3/t15-/m1/s1. The maximum absolute atomic E-state index is 5.49. The monoisotopic (exact) mass is 337 g/mol. The molecule has 0 unspecified atom stereocenters. The molecule has 1 aromatic heterocycles. The van der Waals surface area contributed by atoms with Crippen LogP contribution in [0.2, 0.25) is 0 Å². The van der Waals surface area contributed by atoms with Crippen LogP contribution in [-0.4, -0.2) is 23.8 Å². The zero-order valence-corrected chi connectivity index (χ0v) is 14.8.